The molecule has 2 aromatic heterocycles. The summed E-state index contributed by atoms with van der Waals surface area (Å²) in [6.45, 7) is 6.74. The molecule has 0 aromatic carbocycles. The van der Waals surface area contributed by atoms with Gasteiger partial charge in [-0.3, -0.25) is 24.2 Å². The van der Waals surface area contributed by atoms with Crippen LogP contribution < -0.4 is 21.3 Å². The van der Waals surface area contributed by atoms with Crippen molar-refractivity contribution in [2.45, 2.75) is 70.8 Å². The first-order chi connectivity index (χ1) is 18.5. The van der Waals surface area contributed by atoms with E-state index in [1.54, 1.807) is 24.5 Å². The van der Waals surface area contributed by atoms with Gasteiger partial charge in [-0.05, 0) is 43.0 Å². The molecule has 1 fully saturated rings. The first kappa shape index (κ1) is 29.5. The van der Waals surface area contributed by atoms with E-state index < -0.39 is 59.8 Å². The topological polar surface area (TPSA) is 183 Å². The maximum absolute atomic E-state index is 13.6. The van der Waals surface area contributed by atoms with E-state index in [2.05, 4.69) is 31.2 Å². The minimum Gasteiger partial charge on any atom is -0.505 e. The van der Waals surface area contributed by atoms with Crippen LogP contribution in [0.5, 0.6) is 5.75 Å². The largest absolute Gasteiger partial charge is 0.505 e. The van der Waals surface area contributed by atoms with Gasteiger partial charge in [0.1, 0.15) is 17.8 Å². The Bertz CT molecular complexity index is 1180. The van der Waals surface area contributed by atoms with Gasteiger partial charge in [0.05, 0.1) is 24.1 Å². The lowest BCUT2D eigenvalue weighted by molar-refractivity contribution is -0.137. The summed E-state index contributed by atoms with van der Waals surface area (Å²) in [5, 5.41) is 32.1. The predicted molar refractivity (Wildman–Crippen MR) is 141 cm³/mol. The summed E-state index contributed by atoms with van der Waals surface area (Å²) >= 11 is 0. The van der Waals surface area contributed by atoms with Gasteiger partial charge in [-0.1, -0.05) is 33.3 Å². The van der Waals surface area contributed by atoms with E-state index in [1.807, 2.05) is 13.8 Å². The van der Waals surface area contributed by atoms with Crippen molar-refractivity contribution in [3.05, 3.63) is 54.1 Å². The van der Waals surface area contributed by atoms with Gasteiger partial charge in [-0.15, -0.1) is 0 Å². The van der Waals surface area contributed by atoms with Crippen molar-refractivity contribution >= 4 is 23.6 Å². The van der Waals surface area contributed by atoms with Crippen molar-refractivity contribution < 1.29 is 29.4 Å². The van der Waals surface area contributed by atoms with Crippen LogP contribution in [-0.2, 0) is 20.8 Å². The highest BCUT2D eigenvalue weighted by molar-refractivity contribution is 5.98. The Labute approximate surface area is 227 Å². The second kappa shape index (κ2) is 13.1. The summed E-state index contributed by atoms with van der Waals surface area (Å²) in [6.07, 6.45) is 3.89. The van der Waals surface area contributed by atoms with Crippen molar-refractivity contribution in [2.75, 3.05) is 0 Å². The van der Waals surface area contributed by atoms with Gasteiger partial charge >= 0.3 is 0 Å². The number of carbonyl (C=O) groups is 4. The Morgan fingerprint density at radius 2 is 1.77 bits per heavy atom. The Balaban J connectivity index is 2.00. The molecule has 39 heavy (non-hydrogen) atoms. The molecule has 0 saturated carbocycles. The van der Waals surface area contributed by atoms with Crippen LogP contribution in [0.4, 0.5) is 0 Å². The number of nitrogens with zero attached hydrogens (tertiary/aromatic N) is 2. The molecular formula is C27H36N6O6. The molecule has 1 aliphatic rings. The van der Waals surface area contributed by atoms with Crippen LogP contribution >= 0.6 is 0 Å². The molecule has 210 valence electrons. The van der Waals surface area contributed by atoms with Gasteiger partial charge in [0, 0.05) is 18.6 Å². The number of hydrogen-bond donors (Lipinski definition) is 6. The number of aromatic hydroxyl groups is 1. The van der Waals surface area contributed by atoms with Gasteiger partial charge in [0.2, 0.25) is 17.7 Å². The molecule has 0 aliphatic carbocycles. The fourth-order valence-electron chi connectivity index (χ4n) is 4.39. The van der Waals surface area contributed by atoms with Crippen molar-refractivity contribution in [2.24, 2.45) is 11.8 Å². The van der Waals surface area contributed by atoms with Crippen LogP contribution in [-0.4, -0.2) is 74.1 Å². The van der Waals surface area contributed by atoms with Crippen LogP contribution in [0.1, 0.15) is 50.2 Å². The molecule has 0 spiro atoms. The third-order valence-electron chi connectivity index (χ3n) is 7.08. The Morgan fingerprint density at radius 3 is 2.41 bits per heavy atom. The fourth-order valence-corrected chi connectivity index (χ4v) is 4.39. The van der Waals surface area contributed by atoms with E-state index in [9.17, 15) is 29.4 Å². The number of amides is 4. The maximum Gasteiger partial charge on any atom is 0.274 e. The molecule has 3 heterocycles. The van der Waals surface area contributed by atoms with Crippen molar-refractivity contribution in [1.29, 1.82) is 0 Å². The number of pyridine rings is 2. The van der Waals surface area contributed by atoms with Gasteiger partial charge < -0.3 is 31.5 Å². The summed E-state index contributed by atoms with van der Waals surface area (Å²) in [6, 6.07) is 2.11. The predicted octanol–water partition coefficient (Wildman–Crippen LogP) is 0.0543. The van der Waals surface area contributed by atoms with E-state index in [-0.39, 0.29) is 23.8 Å². The van der Waals surface area contributed by atoms with Gasteiger partial charge in [0.25, 0.3) is 5.91 Å². The van der Waals surface area contributed by atoms with Gasteiger partial charge in [-0.2, -0.15) is 0 Å². The molecule has 12 heteroatoms. The fraction of sp³-hybridized carbons (Fsp3) is 0.481. The molecule has 4 amide bonds. The Hall–Kier alpha value is -4.06. The molecule has 7 unspecified atom stereocenters. The molecule has 12 nitrogen and oxygen atoms in total. The molecule has 6 N–H and O–H groups in total. The smallest absolute Gasteiger partial charge is 0.274 e. The van der Waals surface area contributed by atoms with E-state index >= 15 is 0 Å². The lowest BCUT2D eigenvalue weighted by atomic mass is 9.90. The van der Waals surface area contributed by atoms with E-state index in [0.717, 1.165) is 0 Å². The second-order valence-electron chi connectivity index (χ2n) is 9.95. The zero-order valence-electron chi connectivity index (χ0n) is 22.4. The first-order valence-electron chi connectivity index (χ1n) is 13.0. The maximum atomic E-state index is 13.6. The SMILES string of the molecule is CCC(C)C1NC(=O)C(C)C(O)C(Cc2cccnc2)NC(=O)C(NC(=O)c2ncccc2O)C(C)NC1=O. The lowest BCUT2D eigenvalue weighted by Gasteiger charge is -2.35. The number of nitrogens with one attached hydrogen (secondary N) is 4. The van der Waals surface area contributed by atoms with Gasteiger partial charge in [0.15, 0.2) is 5.69 Å². The molecule has 7 atom stereocenters. The first-order valence-corrected chi connectivity index (χ1v) is 13.0. The van der Waals surface area contributed by atoms with E-state index in [4.69, 9.17) is 0 Å². The van der Waals surface area contributed by atoms with E-state index in [1.165, 1.54) is 32.2 Å². The van der Waals surface area contributed by atoms with Crippen molar-refractivity contribution in [1.82, 2.24) is 31.2 Å². The molecule has 1 aliphatic heterocycles. The van der Waals surface area contributed by atoms with Crippen LogP contribution in [0.3, 0.4) is 0 Å². The summed E-state index contributed by atoms with van der Waals surface area (Å²) in [5.74, 6) is -4.21. The summed E-state index contributed by atoms with van der Waals surface area (Å²) in [7, 11) is 0. The average Bonchev–Trinajstić information content (AvgIpc) is 2.92. The minimum atomic E-state index is -1.33. The number of carbonyl (C=O) groups excluding carboxylic acids is 4. The summed E-state index contributed by atoms with van der Waals surface area (Å²) < 4.78 is 0. The van der Waals surface area contributed by atoms with Gasteiger partial charge in [-0.25, -0.2) is 4.98 Å². The molecule has 3 rings (SSSR count). The van der Waals surface area contributed by atoms with Crippen LogP contribution in [0, 0.1) is 11.8 Å². The Kier molecular flexibility index (Phi) is 9.94. The third kappa shape index (κ3) is 7.29. The Morgan fingerprint density at radius 1 is 1.05 bits per heavy atom. The normalized spacial score (nSPS) is 27.2. The third-order valence-corrected chi connectivity index (χ3v) is 7.08. The lowest BCUT2D eigenvalue weighted by Crippen LogP contribution is -2.64. The second-order valence-corrected chi connectivity index (χ2v) is 9.95. The molecular weight excluding hydrogens is 504 g/mol. The summed E-state index contributed by atoms with van der Waals surface area (Å²) in [4.78, 5) is 60.9. The van der Waals surface area contributed by atoms with Crippen LogP contribution in [0.2, 0.25) is 0 Å². The highest BCUT2D eigenvalue weighted by Gasteiger charge is 2.39. The molecule has 1 saturated heterocycles. The van der Waals surface area contributed by atoms with E-state index in [0.29, 0.717) is 12.0 Å². The number of rotatable bonds is 6. The average molecular weight is 541 g/mol. The number of aliphatic hydroxyl groups excluding tert-OH is 1. The highest BCUT2D eigenvalue weighted by Crippen LogP contribution is 2.18. The monoisotopic (exact) mass is 540 g/mol. The quantitative estimate of drug-likeness (QED) is 0.297. The van der Waals surface area contributed by atoms with Crippen LogP contribution in [0.15, 0.2) is 42.9 Å². The van der Waals surface area contributed by atoms with Crippen molar-refractivity contribution in [3.63, 3.8) is 0 Å². The summed E-state index contributed by atoms with van der Waals surface area (Å²) in [5.41, 5.74) is 0.416. The number of hydrogen-bond acceptors (Lipinski definition) is 8. The highest BCUT2D eigenvalue weighted by atomic mass is 16.3. The zero-order chi connectivity index (χ0) is 28.7. The molecule has 0 bridgehead atoms. The van der Waals surface area contributed by atoms with Crippen LogP contribution in [0.25, 0.3) is 0 Å². The van der Waals surface area contributed by atoms with Crippen molar-refractivity contribution in [3.8, 4) is 5.75 Å². The molecule has 0 radical (unpaired) electrons. The standard InChI is InChI=1S/C27H36N6O6/c1-5-14(2)20-25(37)30-16(4)21(33-27(39)22-19(34)9-7-11-29-22)26(38)31-18(12-17-8-6-10-28-13-17)23(35)15(3)24(36)32-20/h6-11,13-16,18,20-21,23,34-35H,5,12H2,1-4H3,(H,30,37)(H,31,38)(H,32,36)(H,33,39). The molecule has 2 aromatic rings. The number of aromatic nitrogens is 2. The minimum absolute atomic E-state index is 0.148. The number of aliphatic hydroxyl groups is 1. The zero-order valence-corrected chi connectivity index (χ0v) is 22.4.